The average molecular weight is 242 g/mol. The molecule has 1 aromatic carbocycles. The van der Waals surface area contributed by atoms with Crippen LogP contribution in [0, 0.1) is 18.3 Å². The number of rotatable bonds is 3. The highest BCUT2D eigenvalue weighted by Crippen LogP contribution is 2.30. The first-order chi connectivity index (χ1) is 8.26. The Kier molecular flexibility index (Phi) is 3.55. The number of benzene rings is 1. The number of hydrogen-bond acceptors (Lipinski definition) is 3. The fraction of sp³-hybridized carbons (Fsp3) is 0.286. The van der Waals surface area contributed by atoms with Gasteiger partial charge in [0.25, 0.3) is 0 Å². The van der Waals surface area contributed by atoms with Gasteiger partial charge in [0.2, 0.25) is 0 Å². The standard InChI is InChI=1S/C14H14N2S/c1-3-12-13(8-9-15)17-14(16-12)11-7-5-4-6-10(11)2/h4-7H,3,8H2,1-2H3. The fourth-order valence-electron chi connectivity index (χ4n) is 1.80. The second-order valence-corrected chi connectivity index (χ2v) is 4.98. The van der Waals surface area contributed by atoms with Crippen molar-refractivity contribution in [2.75, 3.05) is 0 Å². The first-order valence-corrected chi connectivity index (χ1v) is 6.49. The van der Waals surface area contributed by atoms with E-state index in [9.17, 15) is 0 Å². The van der Waals surface area contributed by atoms with E-state index >= 15 is 0 Å². The zero-order chi connectivity index (χ0) is 12.3. The molecular weight excluding hydrogens is 228 g/mol. The molecule has 0 unspecified atom stereocenters. The highest BCUT2D eigenvalue weighted by molar-refractivity contribution is 7.15. The third kappa shape index (κ3) is 2.37. The average Bonchev–Trinajstić information content (AvgIpc) is 2.73. The zero-order valence-corrected chi connectivity index (χ0v) is 10.8. The number of aromatic nitrogens is 1. The van der Waals surface area contributed by atoms with E-state index in [1.165, 1.54) is 11.1 Å². The summed E-state index contributed by atoms with van der Waals surface area (Å²) >= 11 is 1.64. The van der Waals surface area contributed by atoms with Crippen molar-refractivity contribution in [1.82, 2.24) is 4.98 Å². The molecule has 2 rings (SSSR count). The molecule has 0 radical (unpaired) electrons. The highest BCUT2D eigenvalue weighted by Gasteiger charge is 2.11. The Hall–Kier alpha value is -1.66. The molecule has 0 aliphatic heterocycles. The largest absolute Gasteiger partial charge is 0.241 e. The SMILES string of the molecule is CCc1nc(-c2ccccc2C)sc1CC#N. The minimum absolute atomic E-state index is 0.465. The molecule has 0 aliphatic rings. The topological polar surface area (TPSA) is 36.7 Å². The molecule has 0 N–H and O–H groups in total. The molecule has 86 valence electrons. The van der Waals surface area contributed by atoms with Gasteiger partial charge in [0, 0.05) is 10.4 Å². The second kappa shape index (κ2) is 5.11. The zero-order valence-electron chi connectivity index (χ0n) is 10.0. The highest BCUT2D eigenvalue weighted by atomic mass is 32.1. The Morgan fingerprint density at radius 2 is 2.12 bits per heavy atom. The lowest BCUT2D eigenvalue weighted by atomic mass is 10.1. The minimum Gasteiger partial charge on any atom is -0.241 e. The van der Waals surface area contributed by atoms with E-state index in [-0.39, 0.29) is 0 Å². The van der Waals surface area contributed by atoms with E-state index in [2.05, 4.69) is 37.0 Å². The van der Waals surface area contributed by atoms with Crippen molar-refractivity contribution in [2.45, 2.75) is 26.7 Å². The van der Waals surface area contributed by atoms with E-state index in [1.807, 2.05) is 12.1 Å². The van der Waals surface area contributed by atoms with Crippen molar-refractivity contribution in [3.63, 3.8) is 0 Å². The van der Waals surface area contributed by atoms with Crippen LogP contribution < -0.4 is 0 Å². The molecule has 17 heavy (non-hydrogen) atoms. The maximum atomic E-state index is 8.80. The van der Waals surface area contributed by atoms with Gasteiger partial charge in [-0.25, -0.2) is 4.98 Å². The molecule has 0 amide bonds. The predicted octanol–water partition coefficient (Wildman–Crippen LogP) is 3.75. The second-order valence-electron chi connectivity index (χ2n) is 3.89. The molecular formula is C14H14N2S. The van der Waals surface area contributed by atoms with Gasteiger partial charge in [-0.2, -0.15) is 5.26 Å². The third-order valence-electron chi connectivity index (χ3n) is 2.73. The molecule has 1 aromatic heterocycles. The van der Waals surface area contributed by atoms with Gasteiger partial charge in [-0.3, -0.25) is 0 Å². The van der Waals surface area contributed by atoms with E-state index < -0.39 is 0 Å². The summed E-state index contributed by atoms with van der Waals surface area (Å²) in [6.07, 6.45) is 1.35. The Bertz CT molecular complexity index is 564. The molecule has 0 atom stereocenters. The molecule has 2 aromatic rings. The van der Waals surface area contributed by atoms with Crippen molar-refractivity contribution in [3.05, 3.63) is 40.4 Å². The summed E-state index contributed by atoms with van der Waals surface area (Å²) in [4.78, 5) is 5.75. The van der Waals surface area contributed by atoms with Gasteiger partial charge in [0.05, 0.1) is 18.2 Å². The van der Waals surface area contributed by atoms with Crippen LogP contribution in [-0.2, 0) is 12.8 Å². The van der Waals surface area contributed by atoms with Crippen molar-refractivity contribution < 1.29 is 0 Å². The lowest BCUT2D eigenvalue weighted by Gasteiger charge is -1.99. The first kappa shape index (κ1) is 11.8. The molecule has 0 fully saturated rings. The predicted molar refractivity (Wildman–Crippen MR) is 71.0 cm³/mol. The van der Waals surface area contributed by atoms with E-state index in [0.717, 1.165) is 22.0 Å². The van der Waals surface area contributed by atoms with Crippen molar-refractivity contribution in [1.29, 1.82) is 5.26 Å². The minimum atomic E-state index is 0.465. The summed E-state index contributed by atoms with van der Waals surface area (Å²) in [5, 5.41) is 9.84. The van der Waals surface area contributed by atoms with E-state index in [0.29, 0.717) is 6.42 Å². The van der Waals surface area contributed by atoms with E-state index in [4.69, 9.17) is 5.26 Å². The monoisotopic (exact) mass is 242 g/mol. The van der Waals surface area contributed by atoms with Gasteiger partial charge in [-0.15, -0.1) is 11.3 Å². The Morgan fingerprint density at radius 1 is 1.35 bits per heavy atom. The van der Waals surface area contributed by atoms with Gasteiger partial charge in [-0.05, 0) is 18.9 Å². The van der Waals surface area contributed by atoms with Gasteiger partial charge >= 0.3 is 0 Å². The van der Waals surface area contributed by atoms with Crippen molar-refractivity contribution in [2.24, 2.45) is 0 Å². The van der Waals surface area contributed by atoms with Crippen molar-refractivity contribution >= 4 is 11.3 Å². The van der Waals surface area contributed by atoms with Crippen LogP contribution in [0.3, 0.4) is 0 Å². The van der Waals surface area contributed by atoms with Crippen LogP contribution in [0.4, 0.5) is 0 Å². The summed E-state index contributed by atoms with van der Waals surface area (Å²) < 4.78 is 0. The summed E-state index contributed by atoms with van der Waals surface area (Å²) in [7, 11) is 0. The number of hydrogen-bond donors (Lipinski definition) is 0. The normalized spacial score (nSPS) is 10.2. The van der Waals surface area contributed by atoms with E-state index in [1.54, 1.807) is 11.3 Å². The number of aryl methyl sites for hydroxylation is 2. The molecule has 0 saturated heterocycles. The van der Waals surface area contributed by atoms with Crippen LogP contribution in [-0.4, -0.2) is 4.98 Å². The Labute approximate surface area is 106 Å². The summed E-state index contributed by atoms with van der Waals surface area (Å²) in [5.41, 5.74) is 3.47. The molecule has 3 heteroatoms. The maximum Gasteiger partial charge on any atom is 0.124 e. The number of thiazole rings is 1. The van der Waals surface area contributed by atoms with Crippen LogP contribution in [0.5, 0.6) is 0 Å². The van der Waals surface area contributed by atoms with Gasteiger partial charge in [0.1, 0.15) is 5.01 Å². The third-order valence-corrected chi connectivity index (χ3v) is 3.86. The maximum absolute atomic E-state index is 8.80. The number of nitriles is 1. The first-order valence-electron chi connectivity index (χ1n) is 5.67. The molecule has 0 aliphatic carbocycles. The Morgan fingerprint density at radius 3 is 2.76 bits per heavy atom. The fourth-order valence-corrected chi connectivity index (χ4v) is 2.97. The molecule has 2 nitrogen and oxygen atoms in total. The quantitative estimate of drug-likeness (QED) is 0.822. The van der Waals surface area contributed by atoms with Gasteiger partial charge < -0.3 is 0 Å². The molecule has 1 heterocycles. The van der Waals surface area contributed by atoms with Crippen LogP contribution in [0.15, 0.2) is 24.3 Å². The van der Waals surface area contributed by atoms with Crippen molar-refractivity contribution in [3.8, 4) is 16.6 Å². The summed E-state index contributed by atoms with van der Waals surface area (Å²) in [6.45, 7) is 4.17. The molecule has 0 saturated carbocycles. The summed E-state index contributed by atoms with van der Waals surface area (Å²) in [5.74, 6) is 0. The van der Waals surface area contributed by atoms with Gasteiger partial charge in [-0.1, -0.05) is 31.2 Å². The molecule has 0 spiro atoms. The smallest absolute Gasteiger partial charge is 0.124 e. The lowest BCUT2D eigenvalue weighted by molar-refractivity contribution is 1.03. The van der Waals surface area contributed by atoms with Crippen LogP contribution in [0.25, 0.3) is 10.6 Å². The van der Waals surface area contributed by atoms with Crippen LogP contribution in [0.2, 0.25) is 0 Å². The van der Waals surface area contributed by atoms with Crippen LogP contribution >= 0.6 is 11.3 Å². The van der Waals surface area contributed by atoms with Crippen LogP contribution in [0.1, 0.15) is 23.1 Å². The summed E-state index contributed by atoms with van der Waals surface area (Å²) in [6, 6.07) is 10.4. The number of nitrogens with zero attached hydrogens (tertiary/aromatic N) is 2. The van der Waals surface area contributed by atoms with Gasteiger partial charge in [0.15, 0.2) is 0 Å². The molecule has 0 bridgehead atoms. The Balaban J connectivity index is 2.47. The lowest BCUT2D eigenvalue weighted by Crippen LogP contribution is -1.87.